The van der Waals surface area contributed by atoms with E-state index in [2.05, 4.69) is 62.5 Å². The standard InChI is InChI=1S/C42H76NO9P/c1-3-5-7-9-11-13-15-17-19-21-23-25-27-29-31-33-35-49-36-39(37-50-53(47,48)51-38-40(43)42(45)46)52-41(44)34-32-30-28-26-24-22-20-18-16-14-12-10-8-6-4-2/h6,8,12,14,18,20,24,26,39-40H,3-5,7,9-11,13,15-17,19,21-23,25,27-38,43H2,1-2H3,(H,45,46)(H,47,48)/b8-6-,14-12-,20-18-,26-24-/t39-,40+/m1/s1. The maximum atomic E-state index is 12.6. The summed E-state index contributed by atoms with van der Waals surface area (Å²) in [6.45, 7) is 3.72. The fourth-order valence-corrected chi connectivity index (χ4v) is 6.20. The largest absolute Gasteiger partial charge is 0.480 e. The molecule has 0 saturated carbocycles. The zero-order chi connectivity index (χ0) is 39.1. The maximum Gasteiger partial charge on any atom is 0.472 e. The smallest absolute Gasteiger partial charge is 0.472 e. The molecule has 0 aromatic heterocycles. The minimum Gasteiger partial charge on any atom is -0.480 e. The van der Waals surface area contributed by atoms with Crippen LogP contribution in [0.3, 0.4) is 0 Å². The first-order valence-electron chi connectivity index (χ1n) is 20.7. The Kier molecular flexibility index (Phi) is 36.7. The summed E-state index contributed by atoms with van der Waals surface area (Å²) in [5, 5.41) is 8.88. The number of carboxylic acid groups (broad SMARTS) is 1. The highest BCUT2D eigenvalue weighted by atomic mass is 31.2. The van der Waals surface area contributed by atoms with Gasteiger partial charge in [0.1, 0.15) is 12.1 Å². The van der Waals surface area contributed by atoms with Crippen molar-refractivity contribution in [3.63, 3.8) is 0 Å². The van der Waals surface area contributed by atoms with Gasteiger partial charge in [-0.25, -0.2) is 4.57 Å². The summed E-state index contributed by atoms with van der Waals surface area (Å²) in [6, 6.07) is -1.48. The summed E-state index contributed by atoms with van der Waals surface area (Å²) in [7, 11) is -4.62. The number of ether oxygens (including phenoxy) is 2. The highest BCUT2D eigenvalue weighted by Crippen LogP contribution is 2.43. The van der Waals surface area contributed by atoms with E-state index in [9.17, 15) is 19.0 Å². The Hall–Kier alpha value is -2.07. The number of aliphatic carboxylic acids is 1. The molecule has 10 nitrogen and oxygen atoms in total. The van der Waals surface area contributed by atoms with Crippen molar-refractivity contribution in [1.29, 1.82) is 0 Å². The van der Waals surface area contributed by atoms with Gasteiger partial charge in [-0.1, -0.05) is 159 Å². The van der Waals surface area contributed by atoms with E-state index < -0.39 is 45.1 Å². The van der Waals surface area contributed by atoms with Crippen LogP contribution in [0, 0.1) is 0 Å². The molecule has 0 fully saturated rings. The molecule has 0 bridgehead atoms. The minimum absolute atomic E-state index is 0.00106. The van der Waals surface area contributed by atoms with Crippen molar-refractivity contribution in [3.05, 3.63) is 48.6 Å². The summed E-state index contributed by atoms with van der Waals surface area (Å²) in [6.07, 6.45) is 43.1. The third-order valence-electron chi connectivity index (χ3n) is 8.62. The average molecular weight is 770 g/mol. The number of unbranched alkanes of at least 4 members (excludes halogenated alkanes) is 17. The van der Waals surface area contributed by atoms with Gasteiger partial charge >= 0.3 is 19.8 Å². The van der Waals surface area contributed by atoms with Crippen molar-refractivity contribution in [2.24, 2.45) is 5.73 Å². The zero-order valence-electron chi connectivity index (χ0n) is 33.3. The van der Waals surface area contributed by atoms with Gasteiger partial charge in [-0.3, -0.25) is 18.6 Å². The quantitative estimate of drug-likeness (QED) is 0.0238. The summed E-state index contributed by atoms with van der Waals surface area (Å²) in [5.41, 5.74) is 5.34. The first-order chi connectivity index (χ1) is 25.7. The Morgan fingerprint density at radius 1 is 0.623 bits per heavy atom. The first-order valence-corrected chi connectivity index (χ1v) is 22.2. The van der Waals surface area contributed by atoms with Gasteiger partial charge in [0.15, 0.2) is 0 Å². The first kappa shape index (κ1) is 50.9. The van der Waals surface area contributed by atoms with E-state index in [0.29, 0.717) is 13.0 Å². The van der Waals surface area contributed by atoms with Gasteiger partial charge in [0.25, 0.3) is 0 Å². The van der Waals surface area contributed by atoms with Crippen LogP contribution in [-0.2, 0) is 32.7 Å². The molecule has 0 radical (unpaired) electrons. The Bertz CT molecular complexity index is 1030. The Balaban J connectivity index is 4.32. The predicted octanol–water partition coefficient (Wildman–Crippen LogP) is 11.1. The van der Waals surface area contributed by atoms with Crippen LogP contribution in [0.25, 0.3) is 0 Å². The van der Waals surface area contributed by atoms with Gasteiger partial charge in [-0.15, -0.1) is 0 Å². The molecule has 308 valence electrons. The van der Waals surface area contributed by atoms with E-state index in [0.717, 1.165) is 57.8 Å². The Labute approximate surface area is 322 Å². The third-order valence-corrected chi connectivity index (χ3v) is 9.57. The number of phosphoric acid groups is 1. The van der Waals surface area contributed by atoms with Crippen molar-refractivity contribution in [1.82, 2.24) is 0 Å². The lowest BCUT2D eigenvalue weighted by Gasteiger charge is -2.20. The number of carbonyl (C=O) groups excluding carboxylic acids is 1. The van der Waals surface area contributed by atoms with Crippen LogP contribution in [0.15, 0.2) is 48.6 Å². The maximum absolute atomic E-state index is 12.6. The minimum atomic E-state index is -4.62. The van der Waals surface area contributed by atoms with Crippen molar-refractivity contribution < 1.29 is 42.7 Å². The van der Waals surface area contributed by atoms with E-state index in [-0.39, 0.29) is 13.0 Å². The topological polar surface area (TPSA) is 155 Å². The van der Waals surface area contributed by atoms with Crippen LogP contribution in [0.1, 0.15) is 168 Å². The molecule has 0 aliphatic carbocycles. The number of hydrogen-bond donors (Lipinski definition) is 3. The molecule has 11 heteroatoms. The molecule has 0 aromatic rings. The number of hydrogen-bond acceptors (Lipinski definition) is 8. The Morgan fingerprint density at radius 2 is 1.09 bits per heavy atom. The summed E-state index contributed by atoms with van der Waals surface area (Å²) >= 11 is 0. The van der Waals surface area contributed by atoms with Gasteiger partial charge < -0.3 is 25.2 Å². The van der Waals surface area contributed by atoms with Gasteiger partial charge in [0.2, 0.25) is 0 Å². The second-order valence-corrected chi connectivity index (χ2v) is 15.2. The number of allylic oxidation sites excluding steroid dienone is 8. The molecule has 53 heavy (non-hydrogen) atoms. The second kappa shape index (κ2) is 38.2. The monoisotopic (exact) mass is 770 g/mol. The third kappa shape index (κ3) is 38.0. The lowest BCUT2D eigenvalue weighted by molar-refractivity contribution is -0.154. The molecular formula is C42H76NO9P. The van der Waals surface area contributed by atoms with Gasteiger partial charge in [0, 0.05) is 13.0 Å². The van der Waals surface area contributed by atoms with Crippen molar-refractivity contribution in [3.8, 4) is 0 Å². The molecular weight excluding hydrogens is 693 g/mol. The van der Waals surface area contributed by atoms with Crippen LogP contribution in [0.4, 0.5) is 0 Å². The van der Waals surface area contributed by atoms with Gasteiger partial charge in [-0.2, -0.15) is 0 Å². The highest BCUT2D eigenvalue weighted by molar-refractivity contribution is 7.47. The molecule has 0 heterocycles. The van der Waals surface area contributed by atoms with E-state index in [1.54, 1.807) is 0 Å². The molecule has 0 aromatic carbocycles. The van der Waals surface area contributed by atoms with E-state index >= 15 is 0 Å². The van der Waals surface area contributed by atoms with E-state index in [1.165, 1.54) is 83.5 Å². The predicted molar refractivity (Wildman–Crippen MR) is 217 cm³/mol. The molecule has 0 rings (SSSR count). The zero-order valence-corrected chi connectivity index (χ0v) is 34.2. The van der Waals surface area contributed by atoms with Crippen molar-refractivity contribution >= 4 is 19.8 Å². The van der Waals surface area contributed by atoms with Crippen LogP contribution in [0.2, 0.25) is 0 Å². The van der Waals surface area contributed by atoms with Crippen LogP contribution in [-0.4, -0.2) is 60.5 Å². The summed E-state index contributed by atoms with van der Waals surface area (Å²) in [5.74, 6) is -1.82. The molecule has 0 amide bonds. The van der Waals surface area contributed by atoms with Crippen LogP contribution >= 0.6 is 7.82 Å². The Morgan fingerprint density at radius 3 is 1.60 bits per heavy atom. The van der Waals surface area contributed by atoms with Crippen molar-refractivity contribution in [2.75, 3.05) is 26.4 Å². The molecule has 4 N–H and O–H groups in total. The van der Waals surface area contributed by atoms with E-state index in [4.69, 9.17) is 29.4 Å². The molecule has 0 aliphatic heterocycles. The molecule has 0 aliphatic rings. The van der Waals surface area contributed by atoms with Gasteiger partial charge in [0.05, 0.1) is 19.8 Å². The molecule has 3 atom stereocenters. The number of esters is 1. The molecule has 0 saturated heterocycles. The SMILES string of the molecule is CC/C=C\C/C=C\C/C=C\C/C=C\CCCCC(=O)O[C@H](COCCCCCCCCCCCCCCCCCC)COP(=O)(O)OC[C@H](N)C(=O)O. The fourth-order valence-electron chi connectivity index (χ4n) is 5.42. The average Bonchev–Trinajstić information content (AvgIpc) is 3.13. The number of rotatable bonds is 39. The summed E-state index contributed by atoms with van der Waals surface area (Å²) < 4.78 is 33.3. The number of carboxylic acids is 1. The molecule has 1 unspecified atom stereocenters. The van der Waals surface area contributed by atoms with Crippen molar-refractivity contribution in [2.45, 2.75) is 180 Å². The number of phosphoric ester groups is 1. The van der Waals surface area contributed by atoms with Gasteiger partial charge in [-0.05, 0) is 51.4 Å². The number of nitrogens with two attached hydrogens (primary N) is 1. The molecule has 0 spiro atoms. The highest BCUT2D eigenvalue weighted by Gasteiger charge is 2.27. The number of carbonyl (C=O) groups is 2. The van der Waals surface area contributed by atoms with E-state index in [1.807, 2.05) is 0 Å². The van der Waals surface area contributed by atoms with Crippen LogP contribution in [0.5, 0.6) is 0 Å². The van der Waals surface area contributed by atoms with Crippen LogP contribution < -0.4 is 5.73 Å². The fraction of sp³-hybridized carbons (Fsp3) is 0.762. The second-order valence-electron chi connectivity index (χ2n) is 13.7. The lowest BCUT2D eigenvalue weighted by atomic mass is 10.0. The summed E-state index contributed by atoms with van der Waals surface area (Å²) in [4.78, 5) is 33.4. The normalized spacial score (nSPS) is 14.5. The lowest BCUT2D eigenvalue weighted by Crippen LogP contribution is -2.34.